The van der Waals surface area contributed by atoms with Crippen molar-refractivity contribution in [1.82, 2.24) is 20.0 Å². The van der Waals surface area contributed by atoms with Crippen LogP contribution in [0.4, 0.5) is 0 Å². The molecule has 2 aromatic rings. The molecule has 0 aliphatic carbocycles. The SMILES string of the molecule is CN(C)C(=O)CCNC(=O)CCn1ncc2c(Cl)cccc21. The van der Waals surface area contributed by atoms with Crippen LogP contribution >= 0.6 is 11.6 Å². The number of amides is 2. The molecule has 1 aromatic heterocycles. The molecule has 0 bridgehead atoms. The maximum absolute atomic E-state index is 11.8. The quantitative estimate of drug-likeness (QED) is 0.879. The average molecular weight is 323 g/mol. The van der Waals surface area contributed by atoms with Crippen molar-refractivity contribution in [3.05, 3.63) is 29.4 Å². The molecule has 2 amide bonds. The van der Waals surface area contributed by atoms with Crippen LogP contribution in [-0.2, 0) is 16.1 Å². The number of benzene rings is 1. The summed E-state index contributed by atoms with van der Waals surface area (Å²) in [6.45, 7) is 0.818. The first kappa shape index (κ1) is 16.3. The van der Waals surface area contributed by atoms with Crippen LogP contribution in [0.5, 0.6) is 0 Å². The van der Waals surface area contributed by atoms with E-state index in [1.165, 1.54) is 4.90 Å². The molecule has 2 rings (SSSR count). The maximum atomic E-state index is 11.8. The van der Waals surface area contributed by atoms with Crippen molar-refractivity contribution in [2.45, 2.75) is 19.4 Å². The Balaban J connectivity index is 1.83. The number of aryl methyl sites for hydroxylation is 1. The number of halogens is 1. The monoisotopic (exact) mass is 322 g/mol. The number of carbonyl (C=O) groups is 2. The lowest BCUT2D eigenvalue weighted by atomic mass is 10.2. The molecule has 1 heterocycles. The highest BCUT2D eigenvalue weighted by Gasteiger charge is 2.09. The lowest BCUT2D eigenvalue weighted by Crippen LogP contribution is -2.30. The first-order valence-corrected chi connectivity index (χ1v) is 7.43. The van der Waals surface area contributed by atoms with E-state index in [0.29, 0.717) is 31.0 Å². The van der Waals surface area contributed by atoms with Crippen molar-refractivity contribution in [2.75, 3.05) is 20.6 Å². The van der Waals surface area contributed by atoms with Gasteiger partial charge in [0.1, 0.15) is 0 Å². The molecular weight excluding hydrogens is 304 g/mol. The number of hydrogen-bond donors (Lipinski definition) is 1. The summed E-state index contributed by atoms with van der Waals surface area (Å²) in [5, 5.41) is 8.51. The lowest BCUT2D eigenvalue weighted by Gasteiger charge is -2.10. The minimum absolute atomic E-state index is 0.00647. The first-order chi connectivity index (χ1) is 10.5. The predicted octanol–water partition coefficient (Wildman–Crippen LogP) is 1.67. The number of aromatic nitrogens is 2. The molecule has 1 N–H and O–H groups in total. The van der Waals surface area contributed by atoms with Crippen molar-refractivity contribution in [1.29, 1.82) is 0 Å². The lowest BCUT2D eigenvalue weighted by molar-refractivity contribution is -0.128. The van der Waals surface area contributed by atoms with Crippen LogP contribution in [-0.4, -0.2) is 47.1 Å². The van der Waals surface area contributed by atoms with E-state index in [1.807, 2.05) is 18.2 Å². The van der Waals surface area contributed by atoms with Crippen molar-refractivity contribution in [3.63, 3.8) is 0 Å². The second kappa shape index (κ2) is 7.26. The summed E-state index contributed by atoms with van der Waals surface area (Å²) < 4.78 is 1.76. The third-order valence-electron chi connectivity index (χ3n) is 3.34. The minimum Gasteiger partial charge on any atom is -0.356 e. The topological polar surface area (TPSA) is 67.2 Å². The second-order valence-electron chi connectivity index (χ2n) is 5.18. The highest BCUT2D eigenvalue weighted by molar-refractivity contribution is 6.35. The number of rotatable bonds is 6. The Kier molecular flexibility index (Phi) is 5.38. The Morgan fingerprint density at radius 1 is 1.32 bits per heavy atom. The summed E-state index contributed by atoms with van der Waals surface area (Å²) in [6, 6.07) is 5.59. The van der Waals surface area contributed by atoms with Gasteiger partial charge in [0.15, 0.2) is 0 Å². The number of nitrogens with one attached hydrogen (secondary N) is 1. The fourth-order valence-electron chi connectivity index (χ4n) is 2.07. The van der Waals surface area contributed by atoms with Gasteiger partial charge in [-0.3, -0.25) is 14.3 Å². The standard InChI is InChI=1S/C15H19ClN4O2/c1-19(2)15(22)6-8-17-14(21)7-9-20-13-5-3-4-12(16)11(13)10-18-20/h3-5,10H,6-9H2,1-2H3,(H,17,21). The molecule has 6 nitrogen and oxygen atoms in total. The summed E-state index contributed by atoms with van der Waals surface area (Å²) in [5.74, 6) is -0.106. The maximum Gasteiger partial charge on any atom is 0.223 e. The molecule has 1 aromatic carbocycles. The van der Waals surface area contributed by atoms with Gasteiger partial charge in [0, 0.05) is 38.9 Å². The van der Waals surface area contributed by atoms with Crippen LogP contribution in [0.3, 0.4) is 0 Å². The molecule has 0 aliphatic rings. The van der Waals surface area contributed by atoms with Gasteiger partial charge in [-0.2, -0.15) is 5.10 Å². The molecule has 0 saturated carbocycles. The molecule has 0 aliphatic heterocycles. The number of fused-ring (bicyclic) bond motifs is 1. The Hall–Kier alpha value is -2.08. The summed E-state index contributed by atoms with van der Waals surface area (Å²) in [6.07, 6.45) is 2.31. The van der Waals surface area contributed by atoms with Gasteiger partial charge in [-0.15, -0.1) is 0 Å². The second-order valence-corrected chi connectivity index (χ2v) is 5.59. The highest BCUT2D eigenvalue weighted by Crippen LogP contribution is 2.22. The zero-order valence-corrected chi connectivity index (χ0v) is 13.4. The Morgan fingerprint density at radius 3 is 2.82 bits per heavy atom. The zero-order chi connectivity index (χ0) is 16.1. The number of nitrogens with zero attached hydrogens (tertiary/aromatic N) is 3. The molecule has 0 unspecified atom stereocenters. The van der Waals surface area contributed by atoms with Crippen LogP contribution in [0, 0.1) is 0 Å². The molecule has 118 valence electrons. The van der Waals surface area contributed by atoms with E-state index in [9.17, 15) is 9.59 Å². The van der Waals surface area contributed by atoms with Gasteiger partial charge in [-0.05, 0) is 12.1 Å². The zero-order valence-electron chi connectivity index (χ0n) is 12.7. The van der Waals surface area contributed by atoms with Crippen molar-refractivity contribution < 1.29 is 9.59 Å². The van der Waals surface area contributed by atoms with Gasteiger partial charge >= 0.3 is 0 Å². The Bertz CT molecular complexity index is 681. The van der Waals surface area contributed by atoms with E-state index in [0.717, 1.165) is 10.9 Å². The highest BCUT2D eigenvalue weighted by atomic mass is 35.5. The van der Waals surface area contributed by atoms with Gasteiger partial charge in [-0.25, -0.2) is 0 Å². The van der Waals surface area contributed by atoms with E-state index in [-0.39, 0.29) is 11.8 Å². The van der Waals surface area contributed by atoms with Gasteiger partial charge < -0.3 is 10.2 Å². The molecule has 0 spiro atoms. The van der Waals surface area contributed by atoms with E-state index >= 15 is 0 Å². The van der Waals surface area contributed by atoms with Crippen molar-refractivity contribution in [2.24, 2.45) is 0 Å². The van der Waals surface area contributed by atoms with E-state index in [2.05, 4.69) is 10.4 Å². The van der Waals surface area contributed by atoms with Crippen LogP contribution in [0.2, 0.25) is 5.02 Å². The minimum atomic E-state index is -0.0998. The predicted molar refractivity (Wildman–Crippen MR) is 85.7 cm³/mol. The van der Waals surface area contributed by atoms with Crippen molar-refractivity contribution in [3.8, 4) is 0 Å². The largest absolute Gasteiger partial charge is 0.356 e. The summed E-state index contributed by atoms with van der Waals surface area (Å²) in [7, 11) is 3.39. The van der Waals surface area contributed by atoms with Gasteiger partial charge in [0.2, 0.25) is 11.8 Å². The average Bonchev–Trinajstić information content (AvgIpc) is 2.89. The number of hydrogen-bond acceptors (Lipinski definition) is 3. The Morgan fingerprint density at radius 2 is 2.09 bits per heavy atom. The van der Waals surface area contributed by atoms with E-state index < -0.39 is 0 Å². The third kappa shape index (κ3) is 3.98. The first-order valence-electron chi connectivity index (χ1n) is 7.06. The van der Waals surface area contributed by atoms with Gasteiger partial charge in [-0.1, -0.05) is 17.7 Å². The number of carbonyl (C=O) groups excluding carboxylic acids is 2. The van der Waals surface area contributed by atoms with Gasteiger partial charge in [0.05, 0.1) is 23.3 Å². The molecular formula is C15H19ClN4O2. The van der Waals surface area contributed by atoms with Crippen LogP contribution in [0.25, 0.3) is 10.9 Å². The van der Waals surface area contributed by atoms with Crippen LogP contribution in [0.1, 0.15) is 12.8 Å². The van der Waals surface area contributed by atoms with Crippen LogP contribution in [0.15, 0.2) is 24.4 Å². The third-order valence-corrected chi connectivity index (χ3v) is 3.67. The van der Waals surface area contributed by atoms with Crippen molar-refractivity contribution >= 4 is 34.3 Å². The summed E-state index contributed by atoms with van der Waals surface area (Å²) in [5.41, 5.74) is 0.906. The van der Waals surface area contributed by atoms with Gasteiger partial charge in [0.25, 0.3) is 0 Å². The molecule has 7 heteroatoms. The summed E-state index contributed by atoms with van der Waals surface area (Å²) >= 11 is 6.09. The normalized spacial score (nSPS) is 10.7. The van der Waals surface area contributed by atoms with E-state index in [1.54, 1.807) is 25.0 Å². The molecule has 0 atom stereocenters. The molecule has 0 saturated heterocycles. The van der Waals surface area contributed by atoms with E-state index in [4.69, 9.17) is 11.6 Å². The Labute approximate surface area is 134 Å². The smallest absolute Gasteiger partial charge is 0.223 e. The molecule has 22 heavy (non-hydrogen) atoms. The fourth-order valence-corrected chi connectivity index (χ4v) is 2.29. The molecule has 0 fully saturated rings. The van der Waals surface area contributed by atoms with Crippen LogP contribution < -0.4 is 5.32 Å². The molecule has 0 radical (unpaired) electrons. The summed E-state index contributed by atoms with van der Waals surface area (Å²) in [4.78, 5) is 24.7. The fraction of sp³-hybridized carbons (Fsp3) is 0.400.